The number of carbonyl (C=O) groups is 3. The number of hydrogen-bond donors (Lipinski definition) is 2. The van der Waals surface area contributed by atoms with E-state index in [9.17, 15) is 14.4 Å². The average molecular weight is 258 g/mol. The largest absolute Gasteiger partial charge is 0.481 e. The maximum absolute atomic E-state index is 11.8. The van der Waals surface area contributed by atoms with Crippen molar-refractivity contribution < 1.29 is 24.2 Å². The fourth-order valence-corrected chi connectivity index (χ4v) is 1.77. The summed E-state index contributed by atoms with van der Waals surface area (Å²) in [5.74, 6) is -1.21. The Labute approximate surface area is 105 Å². The van der Waals surface area contributed by atoms with Crippen LogP contribution in [0.4, 0.5) is 0 Å². The lowest BCUT2D eigenvalue weighted by Crippen LogP contribution is -2.46. The van der Waals surface area contributed by atoms with Gasteiger partial charge in [0.05, 0.1) is 19.1 Å². The van der Waals surface area contributed by atoms with Gasteiger partial charge in [-0.15, -0.1) is 0 Å². The predicted octanol–water partition coefficient (Wildman–Crippen LogP) is -0.785. The van der Waals surface area contributed by atoms with Crippen molar-refractivity contribution in [3.63, 3.8) is 0 Å². The number of morpholine rings is 1. The summed E-state index contributed by atoms with van der Waals surface area (Å²) in [6, 6.07) is 0. The van der Waals surface area contributed by atoms with E-state index in [-0.39, 0.29) is 24.7 Å². The highest BCUT2D eigenvalue weighted by atomic mass is 16.5. The predicted molar refractivity (Wildman–Crippen MR) is 61.9 cm³/mol. The lowest BCUT2D eigenvalue weighted by Gasteiger charge is -2.32. The van der Waals surface area contributed by atoms with E-state index in [1.165, 1.54) is 6.92 Å². The first kappa shape index (κ1) is 14.4. The molecule has 0 radical (unpaired) electrons. The summed E-state index contributed by atoms with van der Waals surface area (Å²) < 4.78 is 5.27. The van der Waals surface area contributed by atoms with Crippen molar-refractivity contribution in [1.29, 1.82) is 0 Å². The standard InChI is InChI=1S/C11H18N2O5/c1-8(14)12-3-2-10(15)13-4-5-18-9(7-13)6-11(16)17/h9H,2-7H2,1H3,(H,12,14)(H,16,17). The van der Waals surface area contributed by atoms with Gasteiger partial charge in [-0.25, -0.2) is 0 Å². The number of rotatable bonds is 5. The minimum absolute atomic E-state index is 0.0950. The van der Waals surface area contributed by atoms with Crippen LogP contribution >= 0.6 is 0 Å². The second kappa shape index (κ2) is 6.95. The second-order valence-electron chi connectivity index (χ2n) is 4.16. The molecule has 1 aliphatic rings. The Morgan fingerprint density at radius 2 is 2.17 bits per heavy atom. The molecule has 7 nitrogen and oxygen atoms in total. The van der Waals surface area contributed by atoms with Crippen LogP contribution in [-0.4, -0.2) is 60.1 Å². The van der Waals surface area contributed by atoms with Gasteiger partial charge in [-0.05, 0) is 0 Å². The van der Waals surface area contributed by atoms with Crippen LogP contribution in [0.5, 0.6) is 0 Å². The van der Waals surface area contributed by atoms with E-state index in [2.05, 4.69) is 5.32 Å². The van der Waals surface area contributed by atoms with Crippen molar-refractivity contribution in [1.82, 2.24) is 10.2 Å². The van der Waals surface area contributed by atoms with Gasteiger partial charge in [-0.2, -0.15) is 0 Å². The van der Waals surface area contributed by atoms with Gasteiger partial charge >= 0.3 is 5.97 Å². The number of aliphatic carboxylic acids is 1. The molecule has 1 aliphatic heterocycles. The van der Waals surface area contributed by atoms with Crippen LogP contribution < -0.4 is 5.32 Å². The Balaban J connectivity index is 2.33. The molecule has 0 aromatic rings. The zero-order valence-electron chi connectivity index (χ0n) is 10.3. The fraction of sp³-hybridized carbons (Fsp3) is 0.727. The van der Waals surface area contributed by atoms with Crippen LogP contribution in [0.1, 0.15) is 19.8 Å². The first-order valence-corrected chi connectivity index (χ1v) is 5.84. The molecule has 0 bridgehead atoms. The topological polar surface area (TPSA) is 95.9 Å². The molecule has 1 unspecified atom stereocenters. The van der Waals surface area contributed by atoms with Crippen molar-refractivity contribution in [2.75, 3.05) is 26.2 Å². The summed E-state index contributed by atoms with van der Waals surface area (Å²) in [4.78, 5) is 34.6. The van der Waals surface area contributed by atoms with E-state index < -0.39 is 12.1 Å². The van der Waals surface area contributed by atoms with Gasteiger partial charge in [0.1, 0.15) is 0 Å². The molecule has 7 heteroatoms. The van der Waals surface area contributed by atoms with Gasteiger partial charge in [0.2, 0.25) is 11.8 Å². The maximum atomic E-state index is 11.8. The molecule has 0 aliphatic carbocycles. The molecule has 102 valence electrons. The molecule has 0 spiro atoms. The lowest BCUT2D eigenvalue weighted by molar-refractivity contribution is -0.147. The summed E-state index contributed by atoms with van der Waals surface area (Å²) in [5.41, 5.74) is 0. The van der Waals surface area contributed by atoms with Crippen molar-refractivity contribution in [3.05, 3.63) is 0 Å². The van der Waals surface area contributed by atoms with Crippen molar-refractivity contribution in [2.24, 2.45) is 0 Å². The molecule has 0 saturated carbocycles. The Bertz CT molecular complexity index is 331. The first-order valence-electron chi connectivity index (χ1n) is 5.84. The van der Waals surface area contributed by atoms with Crippen LogP contribution in [-0.2, 0) is 19.1 Å². The highest BCUT2D eigenvalue weighted by Crippen LogP contribution is 2.09. The van der Waals surface area contributed by atoms with Gasteiger partial charge in [0.15, 0.2) is 0 Å². The second-order valence-corrected chi connectivity index (χ2v) is 4.16. The Morgan fingerprint density at radius 3 is 2.78 bits per heavy atom. The minimum Gasteiger partial charge on any atom is -0.481 e. The third kappa shape index (κ3) is 5.13. The third-order valence-corrected chi connectivity index (χ3v) is 2.61. The number of carbonyl (C=O) groups excluding carboxylic acids is 2. The lowest BCUT2D eigenvalue weighted by atomic mass is 10.2. The monoisotopic (exact) mass is 258 g/mol. The summed E-state index contributed by atoms with van der Waals surface area (Å²) in [6.07, 6.45) is -0.324. The summed E-state index contributed by atoms with van der Waals surface area (Å²) in [7, 11) is 0. The van der Waals surface area contributed by atoms with Gasteiger partial charge in [-0.1, -0.05) is 0 Å². The van der Waals surface area contributed by atoms with E-state index >= 15 is 0 Å². The van der Waals surface area contributed by atoms with E-state index in [1.54, 1.807) is 4.90 Å². The van der Waals surface area contributed by atoms with Gasteiger partial charge < -0.3 is 20.1 Å². The quantitative estimate of drug-likeness (QED) is 0.674. The van der Waals surface area contributed by atoms with Crippen molar-refractivity contribution >= 4 is 17.8 Å². The molecule has 1 atom stereocenters. The molecular weight excluding hydrogens is 240 g/mol. The molecule has 1 fully saturated rings. The summed E-state index contributed by atoms with van der Waals surface area (Å²) in [6.45, 7) is 2.81. The molecule has 18 heavy (non-hydrogen) atoms. The van der Waals surface area contributed by atoms with Crippen molar-refractivity contribution in [3.8, 4) is 0 Å². The van der Waals surface area contributed by atoms with Crippen LogP contribution in [0.2, 0.25) is 0 Å². The Hall–Kier alpha value is -1.63. The molecule has 0 aromatic heterocycles. The van der Waals surface area contributed by atoms with Gasteiger partial charge in [-0.3, -0.25) is 14.4 Å². The Kier molecular flexibility index (Phi) is 5.57. The molecular formula is C11H18N2O5. The summed E-state index contributed by atoms with van der Waals surface area (Å²) in [5, 5.41) is 11.2. The maximum Gasteiger partial charge on any atom is 0.306 e. The SMILES string of the molecule is CC(=O)NCCC(=O)N1CCOC(CC(=O)O)C1. The van der Waals surface area contributed by atoms with Crippen LogP contribution in [0.3, 0.4) is 0 Å². The molecule has 1 saturated heterocycles. The normalized spacial score (nSPS) is 19.4. The number of nitrogens with zero attached hydrogens (tertiary/aromatic N) is 1. The minimum atomic E-state index is -0.937. The number of nitrogens with one attached hydrogen (secondary N) is 1. The summed E-state index contributed by atoms with van der Waals surface area (Å²) >= 11 is 0. The smallest absolute Gasteiger partial charge is 0.306 e. The van der Waals surface area contributed by atoms with E-state index in [4.69, 9.17) is 9.84 Å². The Morgan fingerprint density at radius 1 is 1.44 bits per heavy atom. The number of hydrogen-bond acceptors (Lipinski definition) is 4. The van der Waals surface area contributed by atoms with E-state index in [0.29, 0.717) is 26.2 Å². The van der Waals surface area contributed by atoms with E-state index in [0.717, 1.165) is 0 Å². The van der Waals surface area contributed by atoms with Crippen LogP contribution in [0, 0.1) is 0 Å². The number of carboxylic acid groups (broad SMARTS) is 1. The highest BCUT2D eigenvalue weighted by Gasteiger charge is 2.25. The zero-order chi connectivity index (χ0) is 13.5. The first-order chi connectivity index (χ1) is 8.49. The van der Waals surface area contributed by atoms with Crippen LogP contribution in [0.25, 0.3) is 0 Å². The van der Waals surface area contributed by atoms with E-state index in [1.807, 2.05) is 0 Å². The fourth-order valence-electron chi connectivity index (χ4n) is 1.77. The number of amides is 2. The van der Waals surface area contributed by atoms with Crippen LogP contribution in [0.15, 0.2) is 0 Å². The van der Waals surface area contributed by atoms with Gasteiger partial charge in [0.25, 0.3) is 0 Å². The third-order valence-electron chi connectivity index (χ3n) is 2.61. The molecule has 1 heterocycles. The molecule has 0 aromatic carbocycles. The zero-order valence-corrected chi connectivity index (χ0v) is 10.3. The van der Waals surface area contributed by atoms with Gasteiger partial charge in [0, 0.05) is 33.0 Å². The number of carboxylic acids is 1. The molecule has 2 N–H and O–H groups in total. The number of ether oxygens (including phenoxy) is 1. The van der Waals surface area contributed by atoms with Crippen molar-refractivity contribution in [2.45, 2.75) is 25.9 Å². The molecule has 1 rings (SSSR count). The average Bonchev–Trinajstić information content (AvgIpc) is 2.27. The molecule has 2 amide bonds. The highest BCUT2D eigenvalue weighted by molar-refractivity contribution is 5.78.